The summed E-state index contributed by atoms with van der Waals surface area (Å²) in [4.78, 5) is 13.7. The highest BCUT2D eigenvalue weighted by Crippen LogP contribution is 2.43. The molecule has 0 saturated carbocycles. The molecule has 9 heteroatoms. The van der Waals surface area contributed by atoms with Crippen LogP contribution in [-0.4, -0.2) is 39.3 Å². The van der Waals surface area contributed by atoms with E-state index in [9.17, 15) is 13.2 Å². The number of para-hydroxylation sites is 1. The normalized spacial score (nSPS) is 17.8. The molecule has 7 nitrogen and oxygen atoms in total. The second kappa shape index (κ2) is 10.4. The summed E-state index contributed by atoms with van der Waals surface area (Å²) in [5.41, 5.74) is 0.707. The van der Waals surface area contributed by atoms with Crippen molar-refractivity contribution in [2.24, 2.45) is 0 Å². The predicted molar refractivity (Wildman–Crippen MR) is 135 cm³/mol. The van der Waals surface area contributed by atoms with Crippen molar-refractivity contribution in [2.75, 3.05) is 17.7 Å². The van der Waals surface area contributed by atoms with Gasteiger partial charge in [0.25, 0.3) is 0 Å². The molecular formula is C25H33ClN2O5S. The minimum atomic E-state index is -3.85. The molecule has 1 aliphatic rings. The van der Waals surface area contributed by atoms with Crippen LogP contribution in [0, 0.1) is 0 Å². The number of hydrogen-bond acceptors (Lipinski definition) is 5. The summed E-state index contributed by atoms with van der Waals surface area (Å²) in [6.07, 6.45) is 3.50. The van der Waals surface area contributed by atoms with Crippen molar-refractivity contribution < 1.29 is 22.7 Å². The van der Waals surface area contributed by atoms with E-state index in [0.29, 0.717) is 17.2 Å². The Kier molecular flexibility index (Phi) is 8.03. The lowest BCUT2D eigenvalue weighted by molar-refractivity contribution is -0.123. The minimum absolute atomic E-state index is 0.225. The van der Waals surface area contributed by atoms with E-state index in [1.807, 2.05) is 24.3 Å². The molecule has 186 valence electrons. The number of nitrogens with zero attached hydrogens (tertiary/aromatic N) is 1. The molecule has 0 aliphatic carbocycles. The third-order valence-electron chi connectivity index (χ3n) is 6.51. The van der Waals surface area contributed by atoms with Crippen LogP contribution in [0.4, 0.5) is 5.69 Å². The lowest BCUT2D eigenvalue weighted by Gasteiger charge is -2.42. The second-order valence-corrected chi connectivity index (χ2v) is 10.9. The van der Waals surface area contributed by atoms with Crippen molar-refractivity contribution in [3.05, 3.63) is 53.1 Å². The molecule has 2 aromatic rings. The van der Waals surface area contributed by atoms with Crippen LogP contribution in [-0.2, 0) is 14.8 Å². The van der Waals surface area contributed by atoms with Gasteiger partial charge < -0.3 is 14.8 Å². The van der Waals surface area contributed by atoms with Gasteiger partial charge in [0.2, 0.25) is 15.9 Å². The summed E-state index contributed by atoms with van der Waals surface area (Å²) >= 11 is 6.18. The second-order valence-electron chi connectivity index (χ2n) is 8.59. The molecular weight excluding hydrogens is 476 g/mol. The molecule has 1 heterocycles. The Labute approximate surface area is 207 Å². The number of ether oxygens (including phenoxy) is 2. The maximum Gasteiger partial charge on any atom is 0.244 e. The van der Waals surface area contributed by atoms with Crippen LogP contribution in [0.1, 0.15) is 58.1 Å². The average Bonchev–Trinajstić information content (AvgIpc) is 2.81. The van der Waals surface area contributed by atoms with Crippen molar-refractivity contribution in [2.45, 2.75) is 64.1 Å². The zero-order valence-corrected chi connectivity index (χ0v) is 21.9. The van der Waals surface area contributed by atoms with Crippen LogP contribution in [0.5, 0.6) is 11.5 Å². The summed E-state index contributed by atoms with van der Waals surface area (Å²) < 4.78 is 38.7. The number of nitrogens with one attached hydrogen (secondary N) is 1. The van der Waals surface area contributed by atoms with E-state index in [1.54, 1.807) is 19.1 Å². The molecule has 1 aliphatic heterocycles. The first kappa shape index (κ1) is 26.2. The molecule has 34 heavy (non-hydrogen) atoms. The van der Waals surface area contributed by atoms with Gasteiger partial charge in [-0.1, -0.05) is 50.6 Å². The van der Waals surface area contributed by atoms with E-state index in [4.69, 9.17) is 21.1 Å². The molecule has 0 saturated heterocycles. The van der Waals surface area contributed by atoms with Crippen LogP contribution in [0.25, 0.3) is 0 Å². The van der Waals surface area contributed by atoms with Crippen molar-refractivity contribution in [1.29, 1.82) is 0 Å². The maximum absolute atomic E-state index is 13.7. The first-order chi connectivity index (χ1) is 16.1. The molecule has 2 atom stereocenters. The molecule has 0 aromatic heterocycles. The molecule has 0 radical (unpaired) electrons. The molecule has 1 amide bonds. The average molecular weight is 509 g/mol. The fourth-order valence-corrected chi connectivity index (χ4v) is 5.94. The number of fused-ring (bicyclic) bond motifs is 1. The minimum Gasteiger partial charge on any atom is -0.495 e. The third kappa shape index (κ3) is 5.28. The van der Waals surface area contributed by atoms with Gasteiger partial charge in [0.1, 0.15) is 23.1 Å². The molecule has 0 spiro atoms. The smallest absolute Gasteiger partial charge is 0.244 e. The van der Waals surface area contributed by atoms with Gasteiger partial charge in [0.05, 0.1) is 25.1 Å². The van der Waals surface area contributed by atoms with Gasteiger partial charge in [0, 0.05) is 17.0 Å². The highest BCUT2D eigenvalue weighted by molar-refractivity contribution is 7.92. The van der Waals surface area contributed by atoms with E-state index in [2.05, 4.69) is 19.2 Å². The van der Waals surface area contributed by atoms with E-state index < -0.39 is 27.6 Å². The Balaban J connectivity index is 2.01. The number of amides is 1. The number of benzene rings is 2. The van der Waals surface area contributed by atoms with E-state index in [0.717, 1.165) is 34.7 Å². The number of halogens is 1. The number of anilines is 1. The number of carbonyl (C=O) groups excluding carboxylic acids is 1. The lowest BCUT2D eigenvalue weighted by Crippen LogP contribution is -2.52. The first-order valence-electron chi connectivity index (χ1n) is 11.5. The summed E-state index contributed by atoms with van der Waals surface area (Å²) in [5, 5.41) is 3.47. The summed E-state index contributed by atoms with van der Waals surface area (Å²) in [5.74, 6) is 0.665. The Morgan fingerprint density at radius 3 is 2.50 bits per heavy atom. The summed E-state index contributed by atoms with van der Waals surface area (Å²) in [6, 6.07) is 11.1. The fraction of sp³-hybridized carbons (Fsp3) is 0.480. The van der Waals surface area contributed by atoms with E-state index >= 15 is 0 Å². The van der Waals surface area contributed by atoms with Gasteiger partial charge in [-0.05, 0) is 43.5 Å². The quantitative estimate of drug-likeness (QED) is 0.510. The Morgan fingerprint density at radius 1 is 1.24 bits per heavy atom. The Hall–Kier alpha value is -2.45. The maximum atomic E-state index is 13.7. The van der Waals surface area contributed by atoms with Gasteiger partial charge in [0.15, 0.2) is 0 Å². The SMILES string of the molecule is CC[C@H](C(=O)N[C@H]1CC(CC)(CC)Oc2ccccc21)N(c1cc(Cl)ccc1OC)S(C)(=O)=O. The van der Waals surface area contributed by atoms with Crippen molar-refractivity contribution >= 4 is 33.2 Å². The third-order valence-corrected chi connectivity index (χ3v) is 7.91. The molecule has 0 bridgehead atoms. The van der Waals surface area contributed by atoms with Crippen molar-refractivity contribution in [3.63, 3.8) is 0 Å². The largest absolute Gasteiger partial charge is 0.495 e. The van der Waals surface area contributed by atoms with Gasteiger partial charge >= 0.3 is 0 Å². The number of hydrogen-bond donors (Lipinski definition) is 1. The Morgan fingerprint density at radius 2 is 1.91 bits per heavy atom. The first-order valence-corrected chi connectivity index (χ1v) is 13.7. The number of rotatable bonds is 9. The van der Waals surface area contributed by atoms with Crippen molar-refractivity contribution in [1.82, 2.24) is 5.32 Å². The molecule has 0 unspecified atom stereocenters. The van der Waals surface area contributed by atoms with Gasteiger partial charge in [-0.3, -0.25) is 9.10 Å². The monoisotopic (exact) mass is 508 g/mol. The molecule has 1 N–H and O–H groups in total. The number of carbonyl (C=O) groups is 1. The highest BCUT2D eigenvalue weighted by Gasteiger charge is 2.41. The number of methoxy groups -OCH3 is 1. The predicted octanol–water partition coefficient (Wildman–Crippen LogP) is 5.09. The van der Waals surface area contributed by atoms with E-state index in [-0.39, 0.29) is 18.2 Å². The fourth-order valence-electron chi connectivity index (χ4n) is 4.57. The topological polar surface area (TPSA) is 84.9 Å². The zero-order chi connectivity index (χ0) is 25.1. The van der Waals surface area contributed by atoms with Crippen LogP contribution in [0.15, 0.2) is 42.5 Å². The van der Waals surface area contributed by atoms with Crippen molar-refractivity contribution in [3.8, 4) is 11.5 Å². The Bertz CT molecular complexity index is 1130. The summed E-state index contributed by atoms with van der Waals surface area (Å²) in [6.45, 7) is 5.92. The van der Waals surface area contributed by atoms with Crippen LogP contribution < -0.4 is 19.1 Å². The van der Waals surface area contributed by atoms with Crippen LogP contribution >= 0.6 is 11.6 Å². The molecule has 0 fully saturated rings. The van der Waals surface area contributed by atoms with Crippen LogP contribution in [0.2, 0.25) is 5.02 Å². The lowest BCUT2D eigenvalue weighted by atomic mass is 9.83. The van der Waals surface area contributed by atoms with Gasteiger partial charge in [-0.25, -0.2) is 8.42 Å². The van der Waals surface area contributed by atoms with E-state index in [1.165, 1.54) is 13.2 Å². The highest BCUT2D eigenvalue weighted by atomic mass is 35.5. The molecule has 3 rings (SSSR count). The number of sulfonamides is 1. The molecule has 2 aromatic carbocycles. The van der Waals surface area contributed by atoms with Gasteiger partial charge in [-0.15, -0.1) is 0 Å². The van der Waals surface area contributed by atoms with Gasteiger partial charge in [-0.2, -0.15) is 0 Å². The standard InChI is InChI=1S/C25H33ClN2O5S/c1-6-20(28(34(5,30)31)21-15-17(26)13-14-23(21)32-4)24(29)27-19-16-25(7-2,8-3)33-22-12-10-9-11-18(19)22/h9-15,19-20H,6-8,16H2,1-5H3,(H,27,29)/t19-,20+/m0/s1. The zero-order valence-electron chi connectivity index (χ0n) is 20.3. The summed E-state index contributed by atoms with van der Waals surface area (Å²) in [7, 11) is -2.40. The van der Waals surface area contributed by atoms with Crippen LogP contribution in [0.3, 0.4) is 0 Å².